The fraction of sp³-hybridized carbons (Fsp3) is 0.444. The third-order valence-electron chi connectivity index (χ3n) is 4.86. The van der Waals surface area contributed by atoms with Crippen LogP contribution in [0.3, 0.4) is 0 Å². The SMILES string of the molecule is COC1(c2nc(-c3ccc(-n4cccn4)nc3)no2)CCCCCC1. The zero-order valence-corrected chi connectivity index (χ0v) is 14.3. The molecule has 7 nitrogen and oxygen atoms in total. The van der Waals surface area contributed by atoms with Gasteiger partial charge in [-0.1, -0.05) is 30.8 Å². The molecule has 4 rings (SSSR count). The molecule has 0 aromatic carbocycles. The van der Waals surface area contributed by atoms with Gasteiger partial charge in [0.2, 0.25) is 5.82 Å². The molecule has 0 spiro atoms. The number of ether oxygens (including phenoxy) is 1. The van der Waals surface area contributed by atoms with Crippen LogP contribution >= 0.6 is 0 Å². The molecule has 1 fully saturated rings. The summed E-state index contributed by atoms with van der Waals surface area (Å²) in [6.07, 6.45) is 11.8. The number of hydrogen-bond acceptors (Lipinski definition) is 6. The summed E-state index contributed by atoms with van der Waals surface area (Å²) in [7, 11) is 1.73. The Labute approximate surface area is 146 Å². The van der Waals surface area contributed by atoms with E-state index in [1.54, 1.807) is 24.2 Å². The second-order valence-electron chi connectivity index (χ2n) is 6.39. The van der Waals surface area contributed by atoms with E-state index in [2.05, 4.69) is 20.2 Å². The molecule has 0 N–H and O–H groups in total. The maximum absolute atomic E-state index is 5.84. The summed E-state index contributed by atoms with van der Waals surface area (Å²) in [5.74, 6) is 1.85. The van der Waals surface area contributed by atoms with Gasteiger partial charge in [-0.25, -0.2) is 9.67 Å². The van der Waals surface area contributed by atoms with Crippen molar-refractivity contribution in [1.82, 2.24) is 24.9 Å². The molecule has 0 atom stereocenters. The van der Waals surface area contributed by atoms with E-state index in [1.165, 1.54) is 12.8 Å². The lowest BCUT2D eigenvalue weighted by atomic mass is 9.94. The molecule has 7 heteroatoms. The lowest BCUT2D eigenvalue weighted by Gasteiger charge is -2.26. The van der Waals surface area contributed by atoms with Crippen LogP contribution in [0.4, 0.5) is 0 Å². The normalized spacial score (nSPS) is 17.3. The van der Waals surface area contributed by atoms with Crippen LogP contribution in [0.15, 0.2) is 41.3 Å². The van der Waals surface area contributed by atoms with E-state index in [0.29, 0.717) is 11.7 Å². The molecule has 0 amide bonds. The molecule has 3 aromatic rings. The smallest absolute Gasteiger partial charge is 0.259 e. The lowest BCUT2D eigenvalue weighted by molar-refractivity contribution is -0.0520. The third-order valence-corrected chi connectivity index (χ3v) is 4.86. The van der Waals surface area contributed by atoms with Crippen LogP contribution in [-0.2, 0) is 10.3 Å². The molecule has 1 aliphatic carbocycles. The van der Waals surface area contributed by atoms with E-state index in [0.717, 1.165) is 37.1 Å². The van der Waals surface area contributed by atoms with Crippen molar-refractivity contribution in [3.8, 4) is 17.2 Å². The second kappa shape index (κ2) is 6.76. The summed E-state index contributed by atoms with van der Waals surface area (Å²) < 4.78 is 13.1. The van der Waals surface area contributed by atoms with Crippen LogP contribution in [0, 0.1) is 0 Å². The van der Waals surface area contributed by atoms with Gasteiger partial charge in [0, 0.05) is 31.3 Å². The molecule has 1 aliphatic rings. The van der Waals surface area contributed by atoms with Crippen molar-refractivity contribution in [2.45, 2.75) is 44.1 Å². The maximum atomic E-state index is 5.84. The molecule has 0 saturated heterocycles. The monoisotopic (exact) mass is 339 g/mol. The standard InChI is InChI=1S/C18H21N5O2/c1-24-18(9-4-2-3-5-10-18)17-21-16(22-25-17)14-7-8-15(19-13-14)23-12-6-11-20-23/h6-8,11-13H,2-5,9-10H2,1H3. The first-order valence-electron chi connectivity index (χ1n) is 8.66. The predicted octanol–water partition coefficient (Wildman–Crippen LogP) is 3.51. The highest BCUT2D eigenvalue weighted by Crippen LogP contribution is 2.38. The van der Waals surface area contributed by atoms with Crippen molar-refractivity contribution in [1.29, 1.82) is 0 Å². The van der Waals surface area contributed by atoms with Gasteiger partial charge in [0.25, 0.3) is 5.89 Å². The summed E-state index contributed by atoms with van der Waals surface area (Å²) in [5, 5.41) is 8.32. The van der Waals surface area contributed by atoms with Crippen LogP contribution in [0.1, 0.15) is 44.4 Å². The highest BCUT2D eigenvalue weighted by Gasteiger charge is 2.38. The van der Waals surface area contributed by atoms with Crippen molar-refractivity contribution in [3.63, 3.8) is 0 Å². The number of hydrogen-bond donors (Lipinski definition) is 0. The van der Waals surface area contributed by atoms with E-state index in [1.807, 2.05) is 24.4 Å². The fourth-order valence-electron chi connectivity index (χ4n) is 3.39. The predicted molar refractivity (Wildman–Crippen MR) is 91.0 cm³/mol. The van der Waals surface area contributed by atoms with E-state index in [9.17, 15) is 0 Å². The second-order valence-corrected chi connectivity index (χ2v) is 6.39. The summed E-state index contributed by atoms with van der Waals surface area (Å²) in [6, 6.07) is 5.67. The molecule has 3 heterocycles. The van der Waals surface area contributed by atoms with Crippen molar-refractivity contribution >= 4 is 0 Å². The maximum Gasteiger partial charge on any atom is 0.259 e. The number of nitrogens with zero attached hydrogens (tertiary/aromatic N) is 5. The average Bonchev–Trinajstić information content (AvgIpc) is 3.31. The Morgan fingerprint density at radius 3 is 2.64 bits per heavy atom. The number of rotatable bonds is 4. The Morgan fingerprint density at radius 1 is 1.16 bits per heavy atom. The Hall–Kier alpha value is -2.54. The van der Waals surface area contributed by atoms with E-state index >= 15 is 0 Å². The number of aromatic nitrogens is 5. The Morgan fingerprint density at radius 2 is 2.00 bits per heavy atom. The first-order valence-corrected chi connectivity index (χ1v) is 8.66. The van der Waals surface area contributed by atoms with Crippen molar-refractivity contribution in [2.24, 2.45) is 0 Å². The first-order chi connectivity index (χ1) is 12.3. The quantitative estimate of drug-likeness (QED) is 0.677. The van der Waals surface area contributed by atoms with E-state index < -0.39 is 5.60 Å². The molecule has 0 aliphatic heterocycles. The van der Waals surface area contributed by atoms with Gasteiger partial charge in [-0.3, -0.25) is 0 Å². The summed E-state index contributed by atoms with van der Waals surface area (Å²) >= 11 is 0. The zero-order chi connectivity index (χ0) is 17.1. The lowest BCUT2D eigenvalue weighted by Crippen LogP contribution is -2.28. The molecular weight excluding hydrogens is 318 g/mol. The van der Waals surface area contributed by atoms with Crippen LogP contribution in [0.5, 0.6) is 0 Å². The molecular formula is C18H21N5O2. The minimum atomic E-state index is -0.454. The van der Waals surface area contributed by atoms with Gasteiger partial charge in [-0.2, -0.15) is 10.1 Å². The average molecular weight is 339 g/mol. The van der Waals surface area contributed by atoms with Gasteiger partial charge in [-0.15, -0.1) is 0 Å². The summed E-state index contributed by atoms with van der Waals surface area (Å²) in [6.45, 7) is 0. The number of pyridine rings is 1. The van der Waals surface area contributed by atoms with Gasteiger partial charge in [-0.05, 0) is 31.0 Å². The molecule has 0 unspecified atom stereocenters. The molecule has 0 bridgehead atoms. The van der Waals surface area contributed by atoms with Crippen LogP contribution in [-0.4, -0.2) is 32.0 Å². The van der Waals surface area contributed by atoms with Crippen LogP contribution in [0.2, 0.25) is 0 Å². The van der Waals surface area contributed by atoms with Crippen molar-refractivity contribution in [2.75, 3.05) is 7.11 Å². The highest BCUT2D eigenvalue weighted by molar-refractivity contribution is 5.53. The van der Waals surface area contributed by atoms with Crippen LogP contribution < -0.4 is 0 Å². The topological polar surface area (TPSA) is 78.9 Å². The van der Waals surface area contributed by atoms with Gasteiger partial charge < -0.3 is 9.26 Å². The molecule has 25 heavy (non-hydrogen) atoms. The van der Waals surface area contributed by atoms with Crippen molar-refractivity contribution < 1.29 is 9.26 Å². The molecule has 1 saturated carbocycles. The molecule has 3 aromatic heterocycles. The van der Waals surface area contributed by atoms with Gasteiger partial charge in [0.1, 0.15) is 5.60 Å². The van der Waals surface area contributed by atoms with Gasteiger partial charge in [0.15, 0.2) is 5.82 Å². The Balaban J connectivity index is 1.60. The summed E-state index contributed by atoms with van der Waals surface area (Å²) in [4.78, 5) is 9.04. The minimum absolute atomic E-state index is 0.454. The molecule has 130 valence electrons. The summed E-state index contributed by atoms with van der Waals surface area (Å²) in [5.41, 5.74) is 0.357. The Kier molecular flexibility index (Phi) is 4.31. The Bertz CT molecular complexity index is 802. The van der Waals surface area contributed by atoms with Crippen LogP contribution in [0.25, 0.3) is 17.2 Å². The fourth-order valence-corrected chi connectivity index (χ4v) is 3.39. The highest BCUT2D eigenvalue weighted by atomic mass is 16.5. The minimum Gasteiger partial charge on any atom is -0.368 e. The first kappa shape index (κ1) is 16.0. The van der Waals surface area contributed by atoms with Gasteiger partial charge in [0.05, 0.1) is 0 Å². The zero-order valence-electron chi connectivity index (χ0n) is 14.3. The third kappa shape index (κ3) is 3.07. The van der Waals surface area contributed by atoms with Crippen molar-refractivity contribution in [3.05, 3.63) is 42.7 Å². The van der Waals surface area contributed by atoms with E-state index in [4.69, 9.17) is 9.26 Å². The van der Waals surface area contributed by atoms with E-state index in [-0.39, 0.29) is 0 Å². The van der Waals surface area contributed by atoms with Gasteiger partial charge >= 0.3 is 0 Å². The number of methoxy groups -OCH3 is 1. The molecule has 0 radical (unpaired) electrons. The largest absolute Gasteiger partial charge is 0.368 e.